The van der Waals surface area contributed by atoms with E-state index in [1.165, 1.54) is 17.9 Å². The third-order valence-electron chi connectivity index (χ3n) is 5.29. The molecule has 12 heteroatoms. The SMILES string of the molecule is Cc1ccc(NC(=O)Nc2ncc(S(=O)(=O)c3nncn3C)s2)c(C(=O)C2CCCC2)c1. The highest BCUT2D eigenvalue weighted by atomic mass is 32.2. The molecule has 32 heavy (non-hydrogen) atoms. The Morgan fingerprint density at radius 2 is 1.94 bits per heavy atom. The number of anilines is 2. The van der Waals surface area contributed by atoms with Gasteiger partial charge in [-0.2, -0.15) is 0 Å². The molecule has 0 bridgehead atoms. The molecule has 2 heterocycles. The molecule has 4 rings (SSSR count). The van der Waals surface area contributed by atoms with Gasteiger partial charge in [0, 0.05) is 18.5 Å². The van der Waals surface area contributed by atoms with Gasteiger partial charge in [-0.25, -0.2) is 18.2 Å². The third kappa shape index (κ3) is 4.41. The quantitative estimate of drug-likeness (QED) is 0.522. The van der Waals surface area contributed by atoms with Crippen LogP contribution in [0.3, 0.4) is 0 Å². The van der Waals surface area contributed by atoms with Crippen molar-refractivity contribution in [1.29, 1.82) is 0 Å². The number of urea groups is 1. The van der Waals surface area contributed by atoms with E-state index >= 15 is 0 Å². The Morgan fingerprint density at radius 3 is 2.62 bits per heavy atom. The van der Waals surface area contributed by atoms with Gasteiger partial charge in [0.1, 0.15) is 10.5 Å². The lowest BCUT2D eigenvalue weighted by Crippen LogP contribution is -2.22. The van der Waals surface area contributed by atoms with Gasteiger partial charge in [-0.3, -0.25) is 10.1 Å². The Kier molecular flexibility index (Phi) is 6.07. The number of carbonyl (C=O) groups excluding carboxylic acids is 2. The van der Waals surface area contributed by atoms with Crippen molar-refractivity contribution in [3.05, 3.63) is 41.9 Å². The number of hydrogen-bond donors (Lipinski definition) is 2. The van der Waals surface area contributed by atoms with Crippen LogP contribution in [0.2, 0.25) is 0 Å². The van der Waals surface area contributed by atoms with Gasteiger partial charge < -0.3 is 9.88 Å². The Balaban J connectivity index is 1.50. The van der Waals surface area contributed by atoms with Crippen LogP contribution in [-0.2, 0) is 16.9 Å². The molecule has 0 unspecified atom stereocenters. The summed E-state index contributed by atoms with van der Waals surface area (Å²) in [6, 6.07) is 4.68. The molecule has 0 saturated heterocycles. The van der Waals surface area contributed by atoms with Crippen LogP contribution in [0.5, 0.6) is 0 Å². The highest BCUT2D eigenvalue weighted by Crippen LogP contribution is 2.31. The summed E-state index contributed by atoms with van der Waals surface area (Å²) in [5.74, 6) is 0.0144. The van der Waals surface area contributed by atoms with Gasteiger partial charge in [0.25, 0.3) is 15.0 Å². The number of amides is 2. The maximum Gasteiger partial charge on any atom is 0.325 e. The Morgan fingerprint density at radius 1 is 1.19 bits per heavy atom. The first kappa shape index (κ1) is 22.1. The molecule has 0 aliphatic heterocycles. The number of nitrogens with one attached hydrogen (secondary N) is 2. The molecule has 1 saturated carbocycles. The van der Waals surface area contributed by atoms with E-state index in [0.29, 0.717) is 11.3 Å². The van der Waals surface area contributed by atoms with Crippen LogP contribution in [0, 0.1) is 12.8 Å². The number of thiazole rings is 1. The van der Waals surface area contributed by atoms with E-state index in [0.717, 1.165) is 48.8 Å². The van der Waals surface area contributed by atoms with Crippen molar-refractivity contribution in [2.45, 2.75) is 42.0 Å². The maximum atomic E-state index is 13.0. The lowest BCUT2D eigenvalue weighted by Gasteiger charge is -2.14. The van der Waals surface area contributed by atoms with Crippen LogP contribution >= 0.6 is 11.3 Å². The average Bonchev–Trinajstić information content (AvgIpc) is 3.50. The van der Waals surface area contributed by atoms with E-state index in [4.69, 9.17) is 0 Å². The smallest absolute Gasteiger partial charge is 0.307 e. The number of rotatable bonds is 6. The van der Waals surface area contributed by atoms with E-state index in [-0.39, 0.29) is 26.2 Å². The molecule has 1 fully saturated rings. The van der Waals surface area contributed by atoms with Crippen LogP contribution in [0.4, 0.5) is 15.6 Å². The number of sulfone groups is 1. The molecule has 1 aliphatic rings. The van der Waals surface area contributed by atoms with Crippen LogP contribution in [0.1, 0.15) is 41.6 Å². The molecule has 2 amide bonds. The highest BCUT2D eigenvalue weighted by Gasteiger charge is 2.28. The number of carbonyl (C=O) groups is 2. The first-order valence-corrected chi connectivity index (χ1v) is 12.3. The van der Waals surface area contributed by atoms with Gasteiger partial charge in [0.15, 0.2) is 10.9 Å². The standard InChI is InChI=1S/C20H22N6O4S2/c1-12-7-8-15(14(9-12)17(27)13-5-3-4-6-13)23-18(28)24-19-21-10-16(31-19)32(29,30)20-25-22-11-26(20)2/h7-11,13H,3-6H2,1-2H3,(H2,21,23,24,28). The van der Waals surface area contributed by atoms with Crippen molar-refractivity contribution in [1.82, 2.24) is 19.7 Å². The molecule has 10 nitrogen and oxygen atoms in total. The Bertz CT molecular complexity index is 1270. The molecule has 0 radical (unpaired) electrons. The monoisotopic (exact) mass is 474 g/mol. The lowest BCUT2D eigenvalue weighted by molar-refractivity contribution is 0.0923. The molecular weight excluding hydrogens is 452 g/mol. The summed E-state index contributed by atoms with van der Waals surface area (Å²) in [6.45, 7) is 1.89. The number of aryl methyl sites for hydroxylation is 2. The fourth-order valence-corrected chi connectivity index (χ4v) is 6.07. The Hall–Kier alpha value is -3.12. The third-order valence-corrected chi connectivity index (χ3v) is 8.40. The van der Waals surface area contributed by atoms with Gasteiger partial charge >= 0.3 is 6.03 Å². The molecule has 0 spiro atoms. The molecule has 3 aromatic rings. The molecule has 0 atom stereocenters. The summed E-state index contributed by atoms with van der Waals surface area (Å²) in [4.78, 5) is 29.5. The minimum absolute atomic E-state index is 0.0206. The average molecular weight is 475 g/mol. The first-order valence-electron chi connectivity index (χ1n) is 10.0. The Labute approximate surface area is 189 Å². The van der Waals surface area contributed by atoms with Gasteiger partial charge in [-0.15, -0.1) is 10.2 Å². The van der Waals surface area contributed by atoms with Crippen LogP contribution in [0.25, 0.3) is 0 Å². The van der Waals surface area contributed by atoms with Crippen LogP contribution in [-0.4, -0.2) is 40.0 Å². The van der Waals surface area contributed by atoms with Crippen molar-refractivity contribution in [3.8, 4) is 0 Å². The fourth-order valence-electron chi connectivity index (χ4n) is 3.68. The summed E-state index contributed by atoms with van der Waals surface area (Å²) in [6.07, 6.45) is 6.24. The van der Waals surface area contributed by atoms with Crippen molar-refractivity contribution < 1.29 is 18.0 Å². The van der Waals surface area contributed by atoms with Crippen molar-refractivity contribution in [2.24, 2.45) is 13.0 Å². The normalized spacial score (nSPS) is 14.4. The van der Waals surface area contributed by atoms with Crippen LogP contribution in [0.15, 0.2) is 40.1 Å². The second-order valence-electron chi connectivity index (χ2n) is 7.69. The number of ketones is 1. The molecule has 2 N–H and O–H groups in total. The van der Waals surface area contributed by atoms with Gasteiger partial charge in [-0.1, -0.05) is 35.8 Å². The highest BCUT2D eigenvalue weighted by molar-refractivity contribution is 7.93. The molecular formula is C20H22N6O4S2. The van der Waals surface area contributed by atoms with Crippen molar-refractivity contribution >= 4 is 43.8 Å². The number of Topliss-reactive ketones (excluding diaryl/α,β-unsaturated/α-hetero) is 1. The topological polar surface area (TPSA) is 136 Å². The van der Waals surface area contributed by atoms with Gasteiger partial charge in [-0.05, 0) is 31.9 Å². The minimum atomic E-state index is -3.90. The second kappa shape index (κ2) is 8.79. The molecule has 1 aliphatic carbocycles. The number of benzene rings is 1. The zero-order chi connectivity index (χ0) is 22.9. The molecule has 168 valence electrons. The predicted molar refractivity (Wildman–Crippen MR) is 119 cm³/mol. The van der Waals surface area contributed by atoms with Crippen LogP contribution < -0.4 is 10.6 Å². The zero-order valence-corrected chi connectivity index (χ0v) is 19.2. The second-order valence-corrected chi connectivity index (χ2v) is 10.8. The number of nitrogens with zero attached hydrogens (tertiary/aromatic N) is 4. The van der Waals surface area contributed by atoms with Gasteiger partial charge in [0.05, 0.1) is 11.9 Å². The fraction of sp³-hybridized carbons (Fsp3) is 0.350. The summed E-state index contributed by atoms with van der Waals surface area (Å²) >= 11 is 0.800. The number of hydrogen-bond acceptors (Lipinski definition) is 8. The predicted octanol–water partition coefficient (Wildman–Crippen LogP) is 3.43. The number of aromatic nitrogens is 4. The van der Waals surface area contributed by atoms with E-state index in [1.807, 2.05) is 13.0 Å². The zero-order valence-electron chi connectivity index (χ0n) is 17.5. The minimum Gasteiger partial charge on any atom is -0.307 e. The van der Waals surface area contributed by atoms with Crippen molar-refractivity contribution in [2.75, 3.05) is 10.6 Å². The van der Waals surface area contributed by atoms with E-state index < -0.39 is 15.9 Å². The summed E-state index contributed by atoms with van der Waals surface area (Å²) < 4.78 is 26.5. The maximum absolute atomic E-state index is 13.0. The van der Waals surface area contributed by atoms with E-state index in [2.05, 4.69) is 25.8 Å². The summed E-state index contributed by atoms with van der Waals surface area (Å²) in [5.41, 5.74) is 1.82. The first-order chi connectivity index (χ1) is 15.3. The van der Waals surface area contributed by atoms with E-state index in [1.54, 1.807) is 12.1 Å². The summed E-state index contributed by atoms with van der Waals surface area (Å²) in [7, 11) is -2.38. The molecule has 2 aromatic heterocycles. The molecule has 1 aromatic carbocycles. The largest absolute Gasteiger partial charge is 0.325 e. The summed E-state index contributed by atoms with van der Waals surface area (Å²) in [5, 5.41) is 12.3. The lowest BCUT2D eigenvalue weighted by atomic mass is 9.94. The van der Waals surface area contributed by atoms with Crippen molar-refractivity contribution in [3.63, 3.8) is 0 Å². The van der Waals surface area contributed by atoms with Gasteiger partial charge in [0.2, 0.25) is 0 Å². The van der Waals surface area contributed by atoms with E-state index in [9.17, 15) is 18.0 Å².